The number of anilines is 1. The van der Waals surface area contributed by atoms with E-state index in [0.29, 0.717) is 99.1 Å². The van der Waals surface area contributed by atoms with E-state index in [1.54, 1.807) is 16.9 Å². The standard InChI is InChI=1S/C29H42Cl3N5O9P2/c1-2-6-41-8-10-43-12-13-44-11-9-42-7-5-36(18-21-14-22(30)16-23(31)15-21)27-25-17-33-37(28(25)35-29(32)34-27)26-4-3-24(46-26)19-45-48(40)20-47(38)39/h14-17,24,26,38-40H,2-13,18-20H2,1H3. The quantitative estimate of drug-likeness (QED) is 0.0628. The number of rotatable bonds is 23. The summed E-state index contributed by atoms with van der Waals surface area (Å²) in [7, 11) is -4.17. The number of fused-ring (bicyclic) bond motifs is 1. The third-order valence-corrected chi connectivity index (χ3v) is 10.0. The first-order valence-electron chi connectivity index (χ1n) is 15.5. The molecular formula is C29H42Cl3N5O9P2. The van der Waals surface area contributed by atoms with Crippen molar-refractivity contribution in [1.82, 2.24) is 19.7 Å². The van der Waals surface area contributed by atoms with E-state index < -0.39 is 23.0 Å². The first kappa shape index (κ1) is 39.7. The van der Waals surface area contributed by atoms with Gasteiger partial charge in [-0.2, -0.15) is 15.1 Å². The van der Waals surface area contributed by atoms with Crippen molar-refractivity contribution in [2.45, 2.75) is 45.1 Å². The molecule has 0 saturated carbocycles. The van der Waals surface area contributed by atoms with Gasteiger partial charge in [0.05, 0.1) is 76.4 Å². The van der Waals surface area contributed by atoms with Crippen LogP contribution in [0.3, 0.4) is 0 Å². The zero-order valence-electron chi connectivity index (χ0n) is 26.6. The van der Waals surface area contributed by atoms with Gasteiger partial charge >= 0.3 is 0 Å². The van der Waals surface area contributed by atoms with Crippen LogP contribution in [0.25, 0.3) is 11.0 Å². The lowest BCUT2D eigenvalue weighted by Gasteiger charge is -2.25. The third-order valence-electron chi connectivity index (χ3n) is 6.99. The zero-order chi connectivity index (χ0) is 34.3. The number of nitrogens with zero attached hydrogens (tertiary/aromatic N) is 5. The lowest BCUT2D eigenvalue weighted by atomic mass is 10.2. The van der Waals surface area contributed by atoms with Crippen LogP contribution < -0.4 is 4.90 Å². The third kappa shape index (κ3) is 13.2. The fourth-order valence-corrected chi connectivity index (χ4v) is 7.17. The fraction of sp³-hybridized carbons (Fsp3) is 0.621. The van der Waals surface area contributed by atoms with Crippen molar-refractivity contribution < 1.29 is 42.9 Å². The molecule has 1 aromatic carbocycles. The second-order valence-electron chi connectivity index (χ2n) is 10.7. The van der Waals surface area contributed by atoms with Crippen LogP contribution in [-0.2, 0) is 34.8 Å². The van der Waals surface area contributed by atoms with Gasteiger partial charge in [0.15, 0.2) is 28.6 Å². The molecule has 3 unspecified atom stereocenters. The van der Waals surface area contributed by atoms with Crippen LogP contribution in [0.5, 0.6) is 0 Å². The Bertz CT molecular complexity index is 1380. The second kappa shape index (κ2) is 21.3. The van der Waals surface area contributed by atoms with E-state index in [2.05, 4.69) is 22.0 Å². The molecule has 1 saturated heterocycles. The molecule has 3 aromatic rings. The van der Waals surface area contributed by atoms with E-state index in [4.69, 9.17) is 72.8 Å². The fourth-order valence-electron chi connectivity index (χ4n) is 4.91. The Labute approximate surface area is 297 Å². The minimum absolute atomic E-state index is 0.0372. The first-order chi connectivity index (χ1) is 23.2. The lowest BCUT2D eigenvalue weighted by molar-refractivity contribution is -0.0213. The predicted molar refractivity (Wildman–Crippen MR) is 186 cm³/mol. The molecule has 14 nitrogen and oxygen atoms in total. The average molecular weight is 773 g/mol. The van der Waals surface area contributed by atoms with Crippen molar-refractivity contribution in [3.05, 3.63) is 45.3 Å². The molecule has 0 amide bonds. The maximum Gasteiger partial charge on any atom is 0.226 e. The summed E-state index contributed by atoms with van der Waals surface area (Å²) in [6.07, 6.45) is 3.18. The van der Waals surface area contributed by atoms with E-state index >= 15 is 0 Å². The minimum Gasteiger partial charge on any atom is -0.379 e. The van der Waals surface area contributed by atoms with Crippen molar-refractivity contribution in [2.24, 2.45) is 0 Å². The molecule has 268 valence electrons. The molecule has 19 heteroatoms. The van der Waals surface area contributed by atoms with E-state index in [1.807, 2.05) is 17.0 Å². The van der Waals surface area contributed by atoms with Gasteiger partial charge in [0.25, 0.3) is 0 Å². The van der Waals surface area contributed by atoms with E-state index in [1.165, 1.54) is 0 Å². The normalized spacial score (nSPS) is 17.2. The summed E-state index contributed by atoms with van der Waals surface area (Å²) in [6, 6.07) is 5.35. The zero-order valence-corrected chi connectivity index (χ0v) is 30.7. The minimum atomic E-state index is -2.23. The summed E-state index contributed by atoms with van der Waals surface area (Å²) < 4.78 is 35.6. The van der Waals surface area contributed by atoms with Gasteiger partial charge in [-0.1, -0.05) is 30.1 Å². The molecule has 2 aromatic heterocycles. The summed E-state index contributed by atoms with van der Waals surface area (Å²) in [5.41, 5.74) is 1.36. The highest BCUT2D eigenvalue weighted by Crippen LogP contribution is 2.44. The number of hydrogen-bond donors (Lipinski definition) is 3. The molecule has 0 aliphatic carbocycles. The smallest absolute Gasteiger partial charge is 0.226 e. The van der Waals surface area contributed by atoms with Gasteiger partial charge in [0.2, 0.25) is 5.28 Å². The van der Waals surface area contributed by atoms with Crippen molar-refractivity contribution >= 4 is 68.4 Å². The summed E-state index contributed by atoms with van der Waals surface area (Å²) in [5, 5.41) is 6.31. The topological polar surface area (TPSA) is 163 Å². The van der Waals surface area contributed by atoms with Crippen LogP contribution >= 0.6 is 51.6 Å². The molecule has 1 aliphatic heterocycles. The maximum atomic E-state index is 9.88. The Balaban J connectivity index is 1.37. The molecule has 48 heavy (non-hydrogen) atoms. The van der Waals surface area contributed by atoms with Crippen LogP contribution in [0.4, 0.5) is 5.82 Å². The van der Waals surface area contributed by atoms with Gasteiger partial charge in [-0.05, 0) is 54.6 Å². The lowest BCUT2D eigenvalue weighted by Crippen LogP contribution is -2.29. The summed E-state index contributed by atoms with van der Waals surface area (Å²) >= 11 is 19.1. The van der Waals surface area contributed by atoms with Crippen LogP contribution in [0.15, 0.2) is 24.4 Å². The molecule has 1 fully saturated rings. The first-order valence-corrected chi connectivity index (χ1v) is 19.5. The molecule has 0 spiro atoms. The molecule has 0 radical (unpaired) electrons. The molecular weight excluding hydrogens is 731 g/mol. The summed E-state index contributed by atoms with van der Waals surface area (Å²) in [4.78, 5) is 39.2. The Morgan fingerprint density at radius 3 is 2.19 bits per heavy atom. The van der Waals surface area contributed by atoms with E-state index in [0.717, 1.165) is 18.6 Å². The number of benzene rings is 1. The van der Waals surface area contributed by atoms with Crippen molar-refractivity contribution in [3.8, 4) is 0 Å². The Kier molecular flexibility index (Phi) is 17.7. The van der Waals surface area contributed by atoms with Gasteiger partial charge in [-0.25, -0.2) is 4.68 Å². The number of hydrogen-bond acceptors (Lipinski definition) is 13. The van der Waals surface area contributed by atoms with Crippen LogP contribution in [0, 0.1) is 0 Å². The van der Waals surface area contributed by atoms with Gasteiger partial charge in [-0.3, -0.25) is 0 Å². The SMILES string of the molecule is CCCOCCOCCOCCOCCN(Cc1cc(Cl)cc(Cl)c1)c1nc(Cl)nc2c1cnn2C1CCC(COP(O)CP(O)O)O1. The maximum absolute atomic E-state index is 9.88. The van der Waals surface area contributed by atoms with Crippen molar-refractivity contribution in [2.75, 3.05) is 76.8 Å². The molecule has 3 N–H and O–H groups in total. The largest absolute Gasteiger partial charge is 0.379 e. The Hall–Kier alpha value is -1.06. The Morgan fingerprint density at radius 1 is 0.896 bits per heavy atom. The molecule has 4 rings (SSSR count). The molecule has 3 atom stereocenters. The predicted octanol–water partition coefficient (Wildman–Crippen LogP) is 5.52. The summed E-state index contributed by atoms with van der Waals surface area (Å²) in [5.74, 6) is 0.366. The molecule has 0 bridgehead atoms. The second-order valence-corrected chi connectivity index (χ2v) is 14.8. The highest BCUT2D eigenvalue weighted by atomic mass is 35.5. The van der Waals surface area contributed by atoms with Crippen LogP contribution in [0.1, 0.15) is 38.0 Å². The van der Waals surface area contributed by atoms with E-state index in [9.17, 15) is 4.89 Å². The number of halogens is 3. The molecule has 1 aliphatic rings. The Morgan fingerprint density at radius 2 is 1.54 bits per heavy atom. The van der Waals surface area contributed by atoms with Crippen LogP contribution in [-0.4, -0.2) is 112 Å². The van der Waals surface area contributed by atoms with Crippen molar-refractivity contribution in [1.29, 1.82) is 0 Å². The van der Waals surface area contributed by atoms with Crippen molar-refractivity contribution in [3.63, 3.8) is 0 Å². The molecule has 3 heterocycles. The van der Waals surface area contributed by atoms with Gasteiger partial charge in [0, 0.05) is 29.7 Å². The van der Waals surface area contributed by atoms with E-state index in [-0.39, 0.29) is 23.9 Å². The van der Waals surface area contributed by atoms with Crippen LogP contribution in [0.2, 0.25) is 15.3 Å². The number of ether oxygens (including phenoxy) is 5. The highest BCUT2D eigenvalue weighted by Gasteiger charge is 2.31. The average Bonchev–Trinajstić information content (AvgIpc) is 3.67. The highest BCUT2D eigenvalue weighted by molar-refractivity contribution is 7.63. The van der Waals surface area contributed by atoms with Gasteiger partial charge in [0.1, 0.15) is 5.82 Å². The summed E-state index contributed by atoms with van der Waals surface area (Å²) in [6.45, 7) is 7.05. The number of aromatic nitrogens is 4. The monoisotopic (exact) mass is 771 g/mol. The van der Waals surface area contributed by atoms with Gasteiger partial charge < -0.3 is 47.8 Å². The van der Waals surface area contributed by atoms with Gasteiger partial charge in [-0.15, -0.1) is 0 Å².